The maximum Gasteiger partial charge on any atom is 0.270 e. The van der Waals surface area contributed by atoms with E-state index in [2.05, 4.69) is 11.1 Å². The number of amides is 1. The molecule has 0 radical (unpaired) electrons. The fourth-order valence-electron chi connectivity index (χ4n) is 3.17. The Hall–Kier alpha value is -2.86. The van der Waals surface area contributed by atoms with Crippen molar-refractivity contribution in [2.24, 2.45) is 5.84 Å². The molecular formula is C16H14N4O2. The minimum absolute atomic E-state index is 0.0609. The van der Waals surface area contributed by atoms with Gasteiger partial charge >= 0.3 is 0 Å². The molecule has 1 aliphatic rings. The monoisotopic (exact) mass is 294 g/mol. The number of aryl methyl sites for hydroxylation is 1. The van der Waals surface area contributed by atoms with E-state index in [1.54, 1.807) is 10.6 Å². The first-order chi connectivity index (χ1) is 10.7. The number of nitrogens with one attached hydrogen (secondary N) is 2. The van der Waals surface area contributed by atoms with Gasteiger partial charge in [-0.05, 0) is 30.2 Å². The highest BCUT2D eigenvalue weighted by atomic mass is 16.2. The van der Waals surface area contributed by atoms with Crippen LogP contribution in [0.1, 0.15) is 15.9 Å². The highest BCUT2D eigenvalue weighted by Crippen LogP contribution is 2.33. The number of H-pyrrole nitrogens is 1. The molecule has 0 unspecified atom stereocenters. The van der Waals surface area contributed by atoms with Gasteiger partial charge in [-0.3, -0.25) is 15.0 Å². The summed E-state index contributed by atoms with van der Waals surface area (Å²) in [5.74, 6) is 4.56. The van der Waals surface area contributed by atoms with Crippen LogP contribution in [-0.2, 0) is 13.0 Å². The second-order valence-electron chi connectivity index (χ2n) is 5.34. The maximum absolute atomic E-state index is 12.5. The molecular weight excluding hydrogens is 280 g/mol. The molecule has 0 fully saturated rings. The SMILES string of the molecule is NNC(=O)c1ccc2n(c1=O)CCc1c-2[nH]c2ccccc12. The van der Waals surface area contributed by atoms with Crippen LogP contribution in [0.5, 0.6) is 0 Å². The van der Waals surface area contributed by atoms with Gasteiger partial charge in [-0.15, -0.1) is 0 Å². The largest absolute Gasteiger partial charge is 0.353 e. The summed E-state index contributed by atoms with van der Waals surface area (Å²) in [5, 5.41) is 1.18. The number of aromatic amines is 1. The number of hydrazine groups is 1. The number of nitrogens with zero attached hydrogens (tertiary/aromatic N) is 1. The van der Waals surface area contributed by atoms with E-state index in [-0.39, 0.29) is 11.1 Å². The van der Waals surface area contributed by atoms with E-state index in [0.29, 0.717) is 6.54 Å². The van der Waals surface area contributed by atoms with Gasteiger partial charge in [-0.1, -0.05) is 18.2 Å². The lowest BCUT2D eigenvalue weighted by Gasteiger charge is -2.19. The first-order valence-corrected chi connectivity index (χ1v) is 7.05. The zero-order chi connectivity index (χ0) is 15.3. The molecule has 0 aliphatic carbocycles. The summed E-state index contributed by atoms with van der Waals surface area (Å²) in [5.41, 5.74) is 5.77. The number of nitrogen functional groups attached to an aromatic ring is 1. The van der Waals surface area contributed by atoms with Crippen LogP contribution in [0, 0.1) is 0 Å². The van der Waals surface area contributed by atoms with E-state index in [4.69, 9.17) is 5.84 Å². The molecule has 0 spiro atoms. The third-order valence-electron chi connectivity index (χ3n) is 4.21. The van der Waals surface area contributed by atoms with Gasteiger partial charge in [0.2, 0.25) is 0 Å². The number of rotatable bonds is 1. The third-order valence-corrected chi connectivity index (χ3v) is 4.21. The van der Waals surface area contributed by atoms with Gasteiger partial charge in [0.05, 0.1) is 11.4 Å². The van der Waals surface area contributed by atoms with E-state index in [0.717, 1.165) is 23.3 Å². The smallest absolute Gasteiger partial charge is 0.270 e. The summed E-state index contributed by atoms with van der Waals surface area (Å²) in [6, 6.07) is 11.4. The van der Waals surface area contributed by atoms with Crippen molar-refractivity contribution in [1.82, 2.24) is 15.0 Å². The Morgan fingerprint density at radius 3 is 2.86 bits per heavy atom. The number of hydrogen-bond donors (Lipinski definition) is 3. The minimum Gasteiger partial charge on any atom is -0.353 e. The molecule has 0 saturated heterocycles. The summed E-state index contributed by atoms with van der Waals surface area (Å²) in [6.45, 7) is 0.550. The second-order valence-corrected chi connectivity index (χ2v) is 5.34. The van der Waals surface area contributed by atoms with Crippen molar-refractivity contribution in [3.8, 4) is 11.4 Å². The van der Waals surface area contributed by atoms with Crippen molar-refractivity contribution < 1.29 is 4.79 Å². The highest BCUT2D eigenvalue weighted by Gasteiger charge is 2.23. The molecule has 0 atom stereocenters. The molecule has 1 amide bonds. The predicted molar refractivity (Wildman–Crippen MR) is 83.4 cm³/mol. The van der Waals surface area contributed by atoms with Crippen LogP contribution in [0.3, 0.4) is 0 Å². The normalized spacial score (nSPS) is 12.8. The Morgan fingerprint density at radius 2 is 2.05 bits per heavy atom. The highest BCUT2D eigenvalue weighted by molar-refractivity contribution is 5.94. The Labute approximate surface area is 125 Å². The summed E-state index contributed by atoms with van der Waals surface area (Å²) in [7, 11) is 0. The van der Waals surface area contributed by atoms with Gasteiger partial charge in [0.1, 0.15) is 5.56 Å². The topological polar surface area (TPSA) is 92.9 Å². The molecule has 2 aromatic heterocycles. The average Bonchev–Trinajstić information content (AvgIpc) is 2.93. The molecule has 3 aromatic rings. The van der Waals surface area contributed by atoms with Crippen LogP contribution < -0.4 is 16.8 Å². The summed E-state index contributed by atoms with van der Waals surface area (Å²) >= 11 is 0. The van der Waals surface area contributed by atoms with Crippen LogP contribution in [0.4, 0.5) is 0 Å². The number of benzene rings is 1. The van der Waals surface area contributed by atoms with E-state index >= 15 is 0 Å². The third kappa shape index (κ3) is 1.64. The second kappa shape index (κ2) is 4.57. The lowest BCUT2D eigenvalue weighted by molar-refractivity contribution is 0.0951. The number of aromatic nitrogens is 2. The first-order valence-electron chi connectivity index (χ1n) is 7.05. The summed E-state index contributed by atoms with van der Waals surface area (Å²) in [4.78, 5) is 27.5. The quantitative estimate of drug-likeness (QED) is 0.357. The Kier molecular flexibility index (Phi) is 2.67. The molecule has 22 heavy (non-hydrogen) atoms. The molecule has 3 heterocycles. The van der Waals surface area contributed by atoms with Gasteiger partial charge in [0, 0.05) is 17.4 Å². The number of carbonyl (C=O) groups excluding carboxylic acids is 1. The molecule has 4 rings (SSSR count). The fourth-order valence-corrected chi connectivity index (χ4v) is 3.17. The van der Waals surface area contributed by atoms with Crippen molar-refractivity contribution in [3.63, 3.8) is 0 Å². The Balaban J connectivity index is 1.98. The van der Waals surface area contributed by atoms with Crippen LogP contribution >= 0.6 is 0 Å². The summed E-state index contributed by atoms with van der Waals surface area (Å²) < 4.78 is 1.63. The van der Waals surface area contributed by atoms with Crippen LogP contribution in [0.25, 0.3) is 22.3 Å². The molecule has 1 aliphatic heterocycles. The number of pyridine rings is 1. The number of carbonyl (C=O) groups is 1. The summed E-state index contributed by atoms with van der Waals surface area (Å²) in [6.07, 6.45) is 0.750. The molecule has 6 heteroatoms. The molecule has 1 aromatic carbocycles. The maximum atomic E-state index is 12.5. The van der Waals surface area contributed by atoms with Crippen LogP contribution in [-0.4, -0.2) is 15.5 Å². The van der Waals surface area contributed by atoms with Crippen LogP contribution in [0.2, 0.25) is 0 Å². The lowest BCUT2D eigenvalue weighted by Crippen LogP contribution is -2.37. The van der Waals surface area contributed by atoms with Crippen LogP contribution in [0.15, 0.2) is 41.2 Å². The van der Waals surface area contributed by atoms with Gasteiger partial charge in [0.25, 0.3) is 11.5 Å². The first kappa shape index (κ1) is 12.8. The zero-order valence-corrected chi connectivity index (χ0v) is 11.7. The van der Waals surface area contributed by atoms with Crippen molar-refractivity contribution in [1.29, 1.82) is 0 Å². The van der Waals surface area contributed by atoms with Gasteiger partial charge in [0.15, 0.2) is 0 Å². The van der Waals surface area contributed by atoms with E-state index in [1.165, 1.54) is 17.0 Å². The van der Waals surface area contributed by atoms with Crippen molar-refractivity contribution in [2.45, 2.75) is 13.0 Å². The van der Waals surface area contributed by atoms with Gasteiger partial charge in [-0.2, -0.15) is 0 Å². The van der Waals surface area contributed by atoms with Gasteiger partial charge in [-0.25, -0.2) is 5.84 Å². The number of nitrogens with two attached hydrogens (primary N) is 1. The zero-order valence-electron chi connectivity index (χ0n) is 11.7. The van der Waals surface area contributed by atoms with Crippen molar-refractivity contribution in [3.05, 3.63) is 57.9 Å². The molecule has 4 N–H and O–H groups in total. The number of hydrogen-bond acceptors (Lipinski definition) is 3. The Morgan fingerprint density at radius 1 is 1.23 bits per heavy atom. The number of para-hydroxylation sites is 1. The van der Waals surface area contributed by atoms with Crippen molar-refractivity contribution in [2.75, 3.05) is 0 Å². The van der Waals surface area contributed by atoms with E-state index < -0.39 is 5.91 Å². The molecule has 0 bridgehead atoms. The number of fused-ring (bicyclic) bond motifs is 5. The molecule has 6 nitrogen and oxygen atoms in total. The van der Waals surface area contributed by atoms with Crippen molar-refractivity contribution >= 4 is 16.8 Å². The fraction of sp³-hybridized carbons (Fsp3) is 0.125. The average molecular weight is 294 g/mol. The standard InChI is InChI=1S/C16H14N4O2/c17-19-15(21)11-5-6-13-14-10(7-8-20(13)16(11)22)9-3-1-2-4-12(9)18-14/h1-6,18H,7-8,17H2,(H,19,21). The molecule has 110 valence electrons. The predicted octanol–water partition coefficient (Wildman–Crippen LogP) is 1.16. The van der Waals surface area contributed by atoms with E-state index in [9.17, 15) is 9.59 Å². The van der Waals surface area contributed by atoms with E-state index in [1.807, 2.05) is 23.6 Å². The minimum atomic E-state index is -0.567. The Bertz CT molecular complexity index is 968. The van der Waals surface area contributed by atoms with Gasteiger partial charge < -0.3 is 9.55 Å². The lowest BCUT2D eigenvalue weighted by atomic mass is 10.0. The molecule has 0 saturated carbocycles.